The Morgan fingerprint density at radius 3 is 2.83 bits per heavy atom. The fourth-order valence-corrected chi connectivity index (χ4v) is 3.76. The first-order valence-electron chi connectivity index (χ1n) is 7.67. The highest BCUT2D eigenvalue weighted by atomic mass is 32.2. The van der Waals surface area contributed by atoms with Crippen molar-refractivity contribution in [1.82, 2.24) is 14.9 Å². The molecular formula is C15H22FN3O3S. The summed E-state index contributed by atoms with van der Waals surface area (Å²) in [6.45, 7) is 2.94. The van der Waals surface area contributed by atoms with E-state index in [-0.39, 0.29) is 30.2 Å². The van der Waals surface area contributed by atoms with Crippen molar-refractivity contribution in [1.29, 1.82) is 0 Å². The monoisotopic (exact) mass is 343 g/mol. The molecule has 6 nitrogen and oxygen atoms in total. The molecule has 1 aliphatic heterocycles. The minimum Gasteiger partial charge on any atom is -0.336 e. The molecule has 1 aliphatic rings. The van der Waals surface area contributed by atoms with Crippen LogP contribution in [-0.2, 0) is 16.4 Å². The summed E-state index contributed by atoms with van der Waals surface area (Å²) < 4.78 is 39.6. The Morgan fingerprint density at radius 1 is 1.43 bits per heavy atom. The third-order valence-corrected chi connectivity index (χ3v) is 5.25. The van der Waals surface area contributed by atoms with Crippen LogP contribution in [0.2, 0.25) is 0 Å². The highest BCUT2D eigenvalue weighted by Gasteiger charge is 2.28. The Bertz CT molecular complexity index is 651. The molecule has 0 radical (unpaired) electrons. The molecule has 0 spiro atoms. The van der Waals surface area contributed by atoms with Crippen LogP contribution < -0.4 is 10.0 Å². The van der Waals surface area contributed by atoms with Crippen LogP contribution in [0.25, 0.3) is 0 Å². The zero-order chi connectivity index (χ0) is 16.9. The van der Waals surface area contributed by atoms with E-state index in [0.29, 0.717) is 25.9 Å². The van der Waals surface area contributed by atoms with Crippen molar-refractivity contribution in [2.24, 2.45) is 0 Å². The highest BCUT2D eigenvalue weighted by molar-refractivity contribution is 7.89. The number of nitrogens with zero attached hydrogens (tertiary/aromatic N) is 1. The van der Waals surface area contributed by atoms with Crippen LogP contribution in [-0.4, -0.2) is 50.8 Å². The molecule has 0 aliphatic carbocycles. The Kier molecular flexibility index (Phi) is 5.95. The maximum Gasteiger partial charge on any atom is 0.317 e. The standard InChI is InChI=1S/C15H22FN3O3S/c1-2-8-23(21,22)18-11-14(19-7-6-17-15(19)20)10-12-4-3-5-13(16)9-12/h3-5,9,14,18H,2,6-8,10-11H2,1H3,(H,17,20)/t14-/m0/s1. The largest absolute Gasteiger partial charge is 0.336 e. The number of urea groups is 1. The van der Waals surface area contributed by atoms with Crippen LogP contribution in [0.1, 0.15) is 18.9 Å². The van der Waals surface area contributed by atoms with Crippen molar-refractivity contribution in [2.45, 2.75) is 25.8 Å². The van der Waals surface area contributed by atoms with Crippen LogP contribution in [0.5, 0.6) is 0 Å². The first-order valence-corrected chi connectivity index (χ1v) is 9.33. The molecule has 1 aromatic carbocycles. The van der Waals surface area contributed by atoms with E-state index in [1.165, 1.54) is 12.1 Å². The molecule has 1 fully saturated rings. The van der Waals surface area contributed by atoms with E-state index in [0.717, 1.165) is 5.56 Å². The molecule has 0 aromatic heterocycles. The molecule has 23 heavy (non-hydrogen) atoms. The van der Waals surface area contributed by atoms with Crippen LogP contribution in [0, 0.1) is 5.82 Å². The van der Waals surface area contributed by atoms with Gasteiger partial charge in [-0.15, -0.1) is 0 Å². The average Bonchev–Trinajstić information content (AvgIpc) is 2.89. The summed E-state index contributed by atoms with van der Waals surface area (Å²) in [5, 5.41) is 2.71. The number of hydrogen-bond acceptors (Lipinski definition) is 3. The third kappa shape index (κ3) is 5.18. The number of carbonyl (C=O) groups is 1. The topological polar surface area (TPSA) is 78.5 Å². The van der Waals surface area contributed by atoms with E-state index in [9.17, 15) is 17.6 Å². The fourth-order valence-electron chi connectivity index (χ4n) is 2.63. The van der Waals surface area contributed by atoms with Gasteiger partial charge in [-0.2, -0.15) is 0 Å². The van der Waals surface area contributed by atoms with E-state index in [1.54, 1.807) is 24.0 Å². The second-order valence-corrected chi connectivity index (χ2v) is 7.51. The van der Waals surface area contributed by atoms with Crippen LogP contribution in [0.4, 0.5) is 9.18 Å². The smallest absolute Gasteiger partial charge is 0.317 e. The zero-order valence-electron chi connectivity index (χ0n) is 13.1. The van der Waals surface area contributed by atoms with Crippen molar-refractivity contribution >= 4 is 16.1 Å². The van der Waals surface area contributed by atoms with E-state index < -0.39 is 10.0 Å². The molecular weight excluding hydrogens is 321 g/mol. The molecule has 128 valence electrons. The van der Waals surface area contributed by atoms with E-state index in [1.807, 2.05) is 0 Å². The lowest BCUT2D eigenvalue weighted by molar-refractivity contribution is 0.197. The number of hydrogen-bond donors (Lipinski definition) is 2. The Morgan fingerprint density at radius 2 is 2.22 bits per heavy atom. The lowest BCUT2D eigenvalue weighted by Gasteiger charge is -2.27. The lowest BCUT2D eigenvalue weighted by Crippen LogP contribution is -2.47. The van der Waals surface area contributed by atoms with Crippen molar-refractivity contribution in [3.63, 3.8) is 0 Å². The van der Waals surface area contributed by atoms with Crippen molar-refractivity contribution in [3.8, 4) is 0 Å². The van der Waals surface area contributed by atoms with Crippen molar-refractivity contribution in [3.05, 3.63) is 35.6 Å². The van der Waals surface area contributed by atoms with Gasteiger partial charge in [-0.05, 0) is 30.5 Å². The van der Waals surface area contributed by atoms with Gasteiger partial charge in [-0.3, -0.25) is 0 Å². The lowest BCUT2D eigenvalue weighted by atomic mass is 10.0. The normalized spacial score (nSPS) is 16.4. The molecule has 0 unspecified atom stereocenters. The number of amides is 2. The highest BCUT2D eigenvalue weighted by Crippen LogP contribution is 2.13. The predicted octanol–water partition coefficient (Wildman–Crippen LogP) is 1.09. The second-order valence-electron chi connectivity index (χ2n) is 5.58. The Hall–Kier alpha value is -1.67. The summed E-state index contributed by atoms with van der Waals surface area (Å²) in [5.41, 5.74) is 0.726. The maximum atomic E-state index is 13.3. The van der Waals surface area contributed by atoms with Gasteiger partial charge in [0.25, 0.3) is 0 Å². The first kappa shape index (κ1) is 17.7. The number of nitrogens with one attached hydrogen (secondary N) is 2. The van der Waals surface area contributed by atoms with E-state index in [2.05, 4.69) is 10.0 Å². The second kappa shape index (κ2) is 7.74. The van der Waals surface area contributed by atoms with Gasteiger partial charge < -0.3 is 10.2 Å². The predicted molar refractivity (Wildman–Crippen MR) is 86.1 cm³/mol. The summed E-state index contributed by atoms with van der Waals surface area (Å²) >= 11 is 0. The number of carbonyl (C=O) groups excluding carboxylic acids is 1. The summed E-state index contributed by atoms with van der Waals surface area (Å²) in [6.07, 6.45) is 0.911. The van der Waals surface area contributed by atoms with E-state index in [4.69, 9.17) is 0 Å². The molecule has 1 atom stereocenters. The van der Waals surface area contributed by atoms with Crippen molar-refractivity contribution in [2.75, 3.05) is 25.4 Å². The molecule has 2 amide bonds. The Balaban J connectivity index is 2.10. The minimum absolute atomic E-state index is 0.0475. The molecule has 0 saturated carbocycles. The summed E-state index contributed by atoms with van der Waals surface area (Å²) in [4.78, 5) is 13.5. The number of halogens is 1. The molecule has 2 rings (SSSR count). The summed E-state index contributed by atoms with van der Waals surface area (Å²) in [5.74, 6) is -0.301. The fraction of sp³-hybridized carbons (Fsp3) is 0.533. The van der Waals surface area contributed by atoms with Gasteiger partial charge in [0.05, 0.1) is 11.8 Å². The molecule has 1 saturated heterocycles. The molecule has 2 N–H and O–H groups in total. The molecule has 1 heterocycles. The molecule has 1 aromatic rings. The SMILES string of the molecule is CCCS(=O)(=O)NC[C@H](Cc1cccc(F)c1)N1CCNC1=O. The zero-order valence-corrected chi connectivity index (χ0v) is 13.9. The maximum absolute atomic E-state index is 13.3. The molecule has 8 heteroatoms. The average molecular weight is 343 g/mol. The number of rotatable bonds is 8. The minimum atomic E-state index is -3.36. The number of benzene rings is 1. The van der Waals surface area contributed by atoms with Gasteiger partial charge in [0.15, 0.2) is 0 Å². The van der Waals surface area contributed by atoms with Gasteiger partial charge in [-0.25, -0.2) is 22.3 Å². The van der Waals surface area contributed by atoms with Gasteiger partial charge >= 0.3 is 6.03 Å². The first-order chi connectivity index (χ1) is 10.9. The summed E-state index contributed by atoms with van der Waals surface area (Å²) in [7, 11) is -3.36. The van der Waals surface area contributed by atoms with Crippen LogP contribution >= 0.6 is 0 Å². The third-order valence-electron chi connectivity index (χ3n) is 3.70. The summed E-state index contributed by atoms with van der Waals surface area (Å²) in [6, 6.07) is 5.55. The van der Waals surface area contributed by atoms with Crippen molar-refractivity contribution < 1.29 is 17.6 Å². The van der Waals surface area contributed by atoms with Gasteiger partial charge in [0, 0.05) is 19.6 Å². The van der Waals surface area contributed by atoms with Crippen LogP contribution in [0.15, 0.2) is 24.3 Å². The van der Waals surface area contributed by atoms with Gasteiger partial charge in [0.1, 0.15) is 5.82 Å². The number of sulfonamides is 1. The van der Waals surface area contributed by atoms with Crippen LogP contribution in [0.3, 0.4) is 0 Å². The Labute approximate surface area is 136 Å². The van der Waals surface area contributed by atoms with Gasteiger partial charge in [-0.1, -0.05) is 19.1 Å². The molecule has 0 bridgehead atoms. The van der Waals surface area contributed by atoms with E-state index >= 15 is 0 Å². The quantitative estimate of drug-likeness (QED) is 0.742. The van der Waals surface area contributed by atoms with Gasteiger partial charge in [0.2, 0.25) is 10.0 Å².